The Morgan fingerprint density at radius 2 is 1.94 bits per heavy atom. The van der Waals surface area contributed by atoms with Crippen LogP contribution in [0.15, 0.2) is 0 Å². The van der Waals surface area contributed by atoms with Gasteiger partial charge < -0.3 is 15.8 Å². The van der Waals surface area contributed by atoms with Crippen LogP contribution in [0.1, 0.15) is 51.4 Å². The quantitative estimate of drug-likeness (QED) is 0.800. The lowest BCUT2D eigenvalue weighted by atomic mass is 9.84. The first-order chi connectivity index (χ1) is 8.77. The predicted octanol–water partition coefficient (Wildman–Crippen LogP) is 1.58. The summed E-state index contributed by atoms with van der Waals surface area (Å²) in [5.74, 6) is 0.184. The van der Waals surface area contributed by atoms with E-state index in [1.165, 1.54) is 19.3 Å². The maximum Gasteiger partial charge on any atom is 0.224 e. The molecule has 4 heteroatoms. The molecule has 2 fully saturated rings. The van der Waals surface area contributed by atoms with E-state index in [0.29, 0.717) is 6.10 Å². The number of hydrogen-bond donors (Lipinski definition) is 2. The molecule has 0 aromatic rings. The number of hydrogen-bond acceptors (Lipinski definition) is 3. The Hall–Kier alpha value is -0.610. The Morgan fingerprint density at radius 3 is 2.67 bits per heavy atom. The molecule has 4 nitrogen and oxygen atoms in total. The summed E-state index contributed by atoms with van der Waals surface area (Å²) in [7, 11) is 0. The summed E-state index contributed by atoms with van der Waals surface area (Å²) in [6.07, 6.45) is 9.10. The average Bonchev–Trinajstić information content (AvgIpc) is 2.40. The van der Waals surface area contributed by atoms with Gasteiger partial charge in [0.1, 0.15) is 0 Å². The molecular weight excluding hydrogens is 228 g/mol. The van der Waals surface area contributed by atoms with Crippen LogP contribution in [0.5, 0.6) is 0 Å². The summed E-state index contributed by atoms with van der Waals surface area (Å²) < 4.78 is 5.65. The van der Waals surface area contributed by atoms with E-state index in [-0.39, 0.29) is 17.9 Å². The lowest BCUT2D eigenvalue weighted by Gasteiger charge is -2.28. The van der Waals surface area contributed by atoms with Crippen molar-refractivity contribution in [2.24, 2.45) is 11.7 Å². The highest BCUT2D eigenvalue weighted by molar-refractivity contribution is 5.79. The Balaban J connectivity index is 1.64. The largest absolute Gasteiger partial charge is 0.378 e. The van der Waals surface area contributed by atoms with Gasteiger partial charge in [-0.25, -0.2) is 0 Å². The highest BCUT2D eigenvalue weighted by atomic mass is 16.5. The minimum atomic E-state index is 0.0334. The summed E-state index contributed by atoms with van der Waals surface area (Å²) in [6.45, 7) is 1.61. The van der Waals surface area contributed by atoms with Gasteiger partial charge in [-0.3, -0.25) is 4.79 Å². The van der Waals surface area contributed by atoms with Crippen LogP contribution in [-0.4, -0.2) is 31.2 Å². The Morgan fingerprint density at radius 1 is 1.17 bits per heavy atom. The standard InChI is InChI=1S/C14H26N2O2/c15-13-7-2-1-6-12(13)14(17)16-9-8-11-5-3-4-10-18-11/h11-13H,1-10,15H2,(H,16,17). The monoisotopic (exact) mass is 254 g/mol. The molecule has 1 aliphatic heterocycles. The molecule has 3 unspecified atom stereocenters. The highest BCUT2D eigenvalue weighted by Gasteiger charge is 2.28. The second kappa shape index (κ2) is 7.10. The zero-order chi connectivity index (χ0) is 12.8. The molecule has 3 N–H and O–H groups in total. The molecule has 3 atom stereocenters. The smallest absolute Gasteiger partial charge is 0.224 e. The molecule has 0 spiro atoms. The van der Waals surface area contributed by atoms with Crippen LogP contribution in [0.3, 0.4) is 0 Å². The SMILES string of the molecule is NC1CCCCC1C(=O)NCCC1CCCCO1. The van der Waals surface area contributed by atoms with E-state index in [9.17, 15) is 4.79 Å². The van der Waals surface area contributed by atoms with Gasteiger partial charge in [-0.1, -0.05) is 12.8 Å². The summed E-state index contributed by atoms with van der Waals surface area (Å²) in [5.41, 5.74) is 6.01. The van der Waals surface area contributed by atoms with Crippen LogP contribution in [0, 0.1) is 5.92 Å². The molecule has 2 rings (SSSR count). The van der Waals surface area contributed by atoms with Crippen molar-refractivity contribution in [1.82, 2.24) is 5.32 Å². The number of nitrogens with one attached hydrogen (secondary N) is 1. The van der Waals surface area contributed by atoms with Crippen molar-refractivity contribution in [1.29, 1.82) is 0 Å². The number of nitrogens with two attached hydrogens (primary N) is 1. The molecule has 1 saturated heterocycles. The molecule has 1 heterocycles. The topological polar surface area (TPSA) is 64.4 Å². The van der Waals surface area contributed by atoms with Crippen molar-refractivity contribution >= 4 is 5.91 Å². The zero-order valence-corrected chi connectivity index (χ0v) is 11.2. The fourth-order valence-electron chi connectivity index (χ4n) is 3.01. The molecule has 1 aliphatic carbocycles. The average molecular weight is 254 g/mol. The van der Waals surface area contributed by atoms with Gasteiger partial charge in [0.2, 0.25) is 5.91 Å². The number of ether oxygens (including phenoxy) is 1. The summed E-state index contributed by atoms with van der Waals surface area (Å²) in [6, 6.07) is 0.0599. The fourth-order valence-corrected chi connectivity index (χ4v) is 3.01. The second-order valence-electron chi connectivity index (χ2n) is 5.62. The number of rotatable bonds is 4. The zero-order valence-electron chi connectivity index (χ0n) is 11.2. The molecule has 0 aromatic heterocycles. The van der Waals surface area contributed by atoms with Gasteiger partial charge in [0.05, 0.1) is 12.0 Å². The summed E-state index contributed by atoms with van der Waals surface area (Å²) in [4.78, 5) is 12.0. The third-order valence-electron chi connectivity index (χ3n) is 4.20. The third kappa shape index (κ3) is 3.95. The van der Waals surface area contributed by atoms with Crippen molar-refractivity contribution in [2.75, 3.05) is 13.2 Å². The van der Waals surface area contributed by atoms with E-state index >= 15 is 0 Å². The molecule has 2 aliphatic rings. The molecule has 1 saturated carbocycles. The fraction of sp³-hybridized carbons (Fsp3) is 0.929. The molecule has 1 amide bonds. The lowest BCUT2D eigenvalue weighted by molar-refractivity contribution is -0.126. The van der Waals surface area contributed by atoms with Crippen LogP contribution < -0.4 is 11.1 Å². The molecule has 18 heavy (non-hydrogen) atoms. The normalized spacial score (nSPS) is 33.1. The highest BCUT2D eigenvalue weighted by Crippen LogP contribution is 2.23. The summed E-state index contributed by atoms with van der Waals surface area (Å²) >= 11 is 0. The van der Waals surface area contributed by atoms with E-state index < -0.39 is 0 Å². The van der Waals surface area contributed by atoms with Crippen molar-refractivity contribution in [3.05, 3.63) is 0 Å². The summed E-state index contributed by atoms with van der Waals surface area (Å²) in [5, 5.41) is 3.03. The Bertz CT molecular complexity index is 265. The molecule has 0 bridgehead atoms. The minimum Gasteiger partial charge on any atom is -0.378 e. The number of amides is 1. The van der Waals surface area contributed by atoms with Gasteiger partial charge in [0.15, 0.2) is 0 Å². The van der Waals surface area contributed by atoms with Gasteiger partial charge in [-0.2, -0.15) is 0 Å². The van der Waals surface area contributed by atoms with Crippen LogP contribution in [0.25, 0.3) is 0 Å². The van der Waals surface area contributed by atoms with Gasteiger partial charge in [-0.05, 0) is 38.5 Å². The third-order valence-corrected chi connectivity index (χ3v) is 4.20. The maximum atomic E-state index is 12.0. The van der Waals surface area contributed by atoms with Crippen molar-refractivity contribution < 1.29 is 9.53 Å². The van der Waals surface area contributed by atoms with Gasteiger partial charge in [-0.15, -0.1) is 0 Å². The molecule has 104 valence electrons. The van der Waals surface area contributed by atoms with Crippen LogP contribution >= 0.6 is 0 Å². The van der Waals surface area contributed by atoms with Crippen molar-refractivity contribution in [3.63, 3.8) is 0 Å². The lowest BCUT2D eigenvalue weighted by Crippen LogP contribution is -2.44. The predicted molar refractivity (Wildman–Crippen MR) is 71.2 cm³/mol. The Kier molecular flexibility index (Phi) is 5.45. The van der Waals surface area contributed by atoms with E-state index in [1.807, 2.05) is 0 Å². The van der Waals surface area contributed by atoms with Crippen LogP contribution in [0.2, 0.25) is 0 Å². The minimum absolute atomic E-state index is 0.0334. The van der Waals surface area contributed by atoms with E-state index in [1.54, 1.807) is 0 Å². The van der Waals surface area contributed by atoms with Gasteiger partial charge in [0, 0.05) is 19.2 Å². The van der Waals surface area contributed by atoms with Crippen molar-refractivity contribution in [3.8, 4) is 0 Å². The first-order valence-electron chi connectivity index (χ1n) is 7.42. The second-order valence-corrected chi connectivity index (χ2v) is 5.62. The number of carbonyl (C=O) groups is 1. The Labute approximate surface area is 110 Å². The number of carbonyl (C=O) groups excluding carboxylic acids is 1. The van der Waals surface area contributed by atoms with E-state index in [4.69, 9.17) is 10.5 Å². The van der Waals surface area contributed by atoms with Crippen LogP contribution in [-0.2, 0) is 9.53 Å². The molecule has 0 aromatic carbocycles. The first-order valence-corrected chi connectivity index (χ1v) is 7.42. The van der Waals surface area contributed by atoms with Crippen molar-refractivity contribution in [2.45, 2.75) is 63.5 Å². The van der Waals surface area contributed by atoms with E-state index in [0.717, 1.165) is 45.3 Å². The van der Waals surface area contributed by atoms with Gasteiger partial charge >= 0.3 is 0 Å². The molecular formula is C14H26N2O2. The molecule has 0 radical (unpaired) electrons. The maximum absolute atomic E-state index is 12.0. The first kappa shape index (κ1) is 13.8. The van der Waals surface area contributed by atoms with Crippen LogP contribution in [0.4, 0.5) is 0 Å². The van der Waals surface area contributed by atoms with Gasteiger partial charge in [0.25, 0.3) is 0 Å². The van der Waals surface area contributed by atoms with E-state index in [2.05, 4.69) is 5.32 Å².